The number of hydrogen-bond acceptors (Lipinski definition) is 3. The number of H-pyrrole nitrogens is 1. The molecule has 0 bridgehead atoms. The van der Waals surface area contributed by atoms with Crippen LogP contribution in [0.3, 0.4) is 0 Å². The van der Waals surface area contributed by atoms with Gasteiger partial charge in [0.05, 0.1) is 6.33 Å². The molecule has 0 aliphatic carbocycles. The minimum atomic E-state index is -0.387. The van der Waals surface area contributed by atoms with Gasteiger partial charge in [-0.05, 0) is 41.8 Å². The fourth-order valence-electron chi connectivity index (χ4n) is 3.32. The van der Waals surface area contributed by atoms with E-state index in [1.165, 1.54) is 28.6 Å². The highest BCUT2D eigenvalue weighted by molar-refractivity contribution is 6.04. The Hall–Kier alpha value is -3.48. The Bertz CT molecular complexity index is 1260. The van der Waals surface area contributed by atoms with E-state index < -0.39 is 0 Å². The number of carbonyl (C=O) groups is 1. The van der Waals surface area contributed by atoms with Gasteiger partial charge in [0.2, 0.25) is 5.91 Å². The fourth-order valence-corrected chi connectivity index (χ4v) is 3.32. The molecule has 2 N–H and O–H groups in total. The van der Waals surface area contributed by atoms with Gasteiger partial charge in [-0.3, -0.25) is 14.2 Å². The van der Waals surface area contributed by atoms with E-state index >= 15 is 0 Å². The van der Waals surface area contributed by atoms with Crippen LogP contribution in [0.4, 0.5) is 10.1 Å². The Kier molecular flexibility index (Phi) is 4.88. The standard InChI is InChI=1S/C22H21FN4O2/c1-13(2)14-3-6-16(7-4-14)25-19(28)9-10-27-12-24-20-17-11-15(23)5-8-18(17)26-21(20)22(27)29/h3-8,11-13,26H,9-10H2,1-2H3,(H,25,28). The molecule has 0 radical (unpaired) electrons. The first-order chi connectivity index (χ1) is 13.9. The van der Waals surface area contributed by atoms with Crippen LogP contribution in [0.5, 0.6) is 0 Å². The molecule has 0 fully saturated rings. The zero-order valence-corrected chi connectivity index (χ0v) is 16.2. The molecule has 0 atom stereocenters. The van der Waals surface area contributed by atoms with Crippen molar-refractivity contribution >= 4 is 33.5 Å². The average Bonchev–Trinajstić information content (AvgIpc) is 3.06. The summed E-state index contributed by atoms with van der Waals surface area (Å²) in [4.78, 5) is 32.3. The van der Waals surface area contributed by atoms with Crippen molar-refractivity contribution in [3.63, 3.8) is 0 Å². The maximum Gasteiger partial charge on any atom is 0.277 e. The summed E-state index contributed by atoms with van der Waals surface area (Å²) in [6.45, 7) is 4.42. The van der Waals surface area contributed by atoms with Gasteiger partial charge in [-0.2, -0.15) is 0 Å². The van der Waals surface area contributed by atoms with Crippen molar-refractivity contribution in [1.29, 1.82) is 0 Å². The molecular weight excluding hydrogens is 371 g/mol. The molecule has 2 aromatic heterocycles. The van der Waals surface area contributed by atoms with E-state index in [0.717, 1.165) is 5.69 Å². The highest BCUT2D eigenvalue weighted by atomic mass is 19.1. The fraction of sp³-hybridized carbons (Fsp3) is 0.227. The van der Waals surface area contributed by atoms with E-state index in [1.807, 2.05) is 24.3 Å². The predicted octanol–water partition coefficient (Wildman–Crippen LogP) is 4.17. The van der Waals surface area contributed by atoms with Gasteiger partial charge in [-0.1, -0.05) is 26.0 Å². The number of aryl methyl sites for hydroxylation is 1. The van der Waals surface area contributed by atoms with Crippen molar-refractivity contribution in [3.8, 4) is 0 Å². The predicted molar refractivity (Wildman–Crippen MR) is 112 cm³/mol. The molecule has 4 aromatic rings. The number of nitrogens with zero attached hydrogens (tertiary/aromatic N) is 2. The summed E-state index contributed by atoms with van der Waals surface area (Å²) in [6, 6.07) is 12.0. The molecule has 0 saturated heterocycles. The van der Waals surface area contributed by atoms with Gasteiger partial charge < -0.3 is 10.3 Å². The molecule has 148 valence electrons. The van der Waals surface area contributed by atoms with Gasteiger partial charge in [-0.25, -0.2) is 9.37 Å². The van der Waals surface area contributed by atoms with E-state index in [4.69, 9.17) is 0 Å². The largest absolute Gasteiger partial charge is 0.349 e. The lowest BCUT2D eigenvalue weighted by atomic mass is 10.0. The second kappa shape index (κ2) is 7.50. The summed E-state index contributed by atoms with van der Waals surface area (Å²) < 4.78 is 14.9. The lowest BCUT2D eigenvalue weighted by Crippen LogP contribution is -2.23. The summed E-state index contributed by atoms with van der Waals surface area (Å²) in [6.07, 6.45) is 1.53. The number of aromatic nitrogens is 3. The van der Waals surface area contributed by atoms with Gasteiger partial charge in [0.1, 0.15) is 16.9 Å². The van der Waals surface area contributed by atoms with E-state index in [0.29, 0.717) is 27.9 Å². The molecule has 0 spiro atoms. The van der Waals surface area contributed by atoms with Crippen molar-refractivity contribution < 1.29 is 9.18 Å². The van der Waals surface area contributed by atoms with Crippen LogP contribution in [-0.4, -0.2) is 20.4 Å². The number of benzene rings is 2. The molecule has 2 aromatic carbocycles. The first kappa shape index (κ1) is 18.9. The first-order valence-corrected chi connectivity index (χ1v) is 9.48. The third-order valence-electron chi connectivity index (χ3n) is 4.98. The van der Waals surface area contributed by atoms with Crippen LogP contribution < -0.4 is 10.9 Å². The van der Waals surface area contributed by atoms with E-state index in [1.54, 1.807) is 6.07 Å². The number of halogens is 1. The Morgan fingerprint density at radius 1 is 1.21 bits per heavy atom. The topological polar surface area (TPSA) is 79.8 Å². The smallest absolute Gasteiger partial charge is 0.277 e. The Morgan fingerprint density at radius 2 is 1.97 bits per heavy atom. The quantitative estimate of drug-likeness (QED) is 0.535. The van der Waals surface area contributed by atoms with E-state index in [2.05, 4.69) is 29.1 Å². The molecule has 7 heteroatoms. The Morgan fingerprint density at radius 3 is 2.69 bits per heavy atom. The summed E-state index contributed by atoms with van der Waals surface area (Å²) in [7, 11) is 0. The molecule has 0 unspecified atom stereocenters. The average molecular weight is 392 g/mol. The molecule has 1 amide bonds. The SMILES string of the molecule is CC(C)c1ccc(NC(=O)CCn2cnc3c([nH]c4ccc(F)cc43)c2=O)cc1. The van der Waals surface area contributed by atoms with E-state index in [9.17, 15) is 14.0 Å². The molecule has 2 heterocycles. The molecule has 0 saturated carbocycles. The maximum atomic E-state index is 13.5. The van der Waals surface area contributed by atoms with Gasteiger partial charge in [0.25, 0.3) is 5.56 Å². The number of hydrogen-bond donors (Lipinski definition) is 2. The van der Waals surface area contributed by atoms with Crippen LogP contribution in [0, 0.1) is 5.82 Å². The molecule has 0 aliphatic heterocycles. The molecule has 6 nitrogen and oxygen atoms in total. The van der Waals surface area contributed by atoms with Crippen molar-refractivity contribution in [2.75, 3.05) is 5.32 Å². The zero-order valence-electron chi connectivity index (χ0n) is 16.2. The minimum absolute atomic E-state index is 0.133. The second-order valence-electron chi connectivity index (χ2n) is 7.36. The van der Waals surface area contributed by atoms with Gasteiger partial charge in [0.15, 0.2) is 0 Å². The third-order valence-corrected chi connectivity index (χ3v) is 4.98. The lowest BCUT2D eigenvalue weighted by molar-refractivity contribution is -0.116. The zero-order chi connectivity index (χ0) is 20.5. The first-order valence-electron chi connectivity index (χ1n) is 9.48. The molecule has 29 heavy (non-hydrogen) atoms. The highest BCUT2D eigenvalue weighted by Gasteiger charge is 2.12. The number of fused-ring (bicyclic) bond motifs is 3. The minimum Gasteiger partial charge on any atom is -0.349 e. The molecule has 0 aliphatic rings. The number of anilines is 1. The normalized spacial score (nSPS) is 11.4. The van der Waals surface area contributed by atoms with Crippen molar-refractivity contribution in [1.82, 2.24) is 14.5 Å². The van der Waals surface area contributed by atoms with Crippen LogP contribution in [0.1, 0.15) is 31.7 Å². The number of aromatic amines is 1. The molecule has 4 rings (SSSR count). The third kappa shape index (κ3) is 3.76. The summed E-state index contributed by atoms with van der Waals surface area (Å²) in [5.41, 5.74) is 3.00. The molecular formula is C22H21FN4O2. The van der Waals surface area contributed by atoms with Gasteiger partial charge >= 0.3 is 0 Å². The monoisotopic (exact) mass is 392 g/mol. The van der Waals surface area contributed by atoms with E-state index in [-0.39, 0.29) is 30.2 Å². The number of nitrogens with one attached hydrogen (secondary N) is 2. The van der Waals surface area contributed by atoms with Crippen molar-refractivity contribution in [3.05, 3.63) is 70.5 Å². The van der Waals surface area contributed by atoms with Gasteiger partial charge in [-0.15, -0.1) is 0 Å². The van der Waals surface area contributed by atoms with Crippen molar-refractivity contribution in [2.24, 2.45) is 0 Å². The van der Waals surface area contributed by atoms with Crippen molar-refractivity contribution in [2.45, 2.75) is 32.7 Å². The second-order valence-corrected chi connectivity index (χ2v) is 7.36. The van der Waals surface area contributed by atoms with Crippen LogP contribution in [0.15, 0.2) is 53.6 Å². The van der Waals surface area contributed by atoms with Crippen LogP contribution in [-0.2, 0) is 11.3 Å². The number of amides is 1. The summed E-state index contributed by atoms with van der Waals surface area (Å²) in [5.74, 6) is -0.148. The van der Waals surface area contributed by atoms with Gasteiger partial charge in [0, 0.05) is 29.6 Å². The summed E-state index contributed by atoms with van der Waals surface area (Å²) in [5, 5.41) is 3.40. The highest BCUT2D eigenvalue weighted by Crippen LogP contribution is 2.22. The lowest BCUT2D eigenvalue weighted by Gasteiger charge is -2.09. The Balaban J connectivity index is 1.49. The Labute approximate surface area is 166 Å². The van der Waals surface area contributed by atoms with Crippen LogP contribution in [0.25, 0.3) is 21.9 Å². The number of rotatable bonds is 5. The number of carbonyl (C=O) groups excluding carboxylic acids is 1. The van der Waals surface area contributed by atoms with Crippen LogP contribution in [0.2, 0.25) is 0 Å². The maximum absolute atomic E-state index is 13.5. The van der Waals surface area contributed by atoms with Crippen LogP contribution >= 0.6 is 0 Å². The summed E-state index contributed by atoms with van der Waals surface area (Å²) >= 11 is 0.